The molecule has 1 unspecified atom stereocenters. The number of hydrogen-bond donors (Lipinski definition) is 3. The summed E-state index contributed by atoms with van der Waals surface area (Å²) in [4.78, 5) is 10.6. The van der Waals surface area contributed by atoms with E-state index in [2.05, 4.69) is 5.32 Å². The van der Waals surface area contributed by atoms with Crippen molar-refractivity contribution in [2.75, 3.05) is 11.9 Å². The molecule has 0 amide bonds. The molecule has 0 radical (unpaired) electrons. The molecule has 2 rings (SSSR count). The monoisotopic (exact) mass is 244 g/mol. The van der Waals surface area contributed by atoms with Crippen molar-refractivity contribution in [1.82, 2.24) is 0 Å². The molecule has 18 heavy (non-hydrogen) atoms. The molecule has 0 aliphatic heterocycles. The number of benzene rings is 2. The first kappa shape index (κ1) is 12.4. The number of nitrogens with one attached hydrogen (secondary N) is 1. The Kier molecular flexibility index (Phi) is 3.79. The van der Waals surface area contributed by atoms with Crippen LogP contribution in [0.15, 0.2) is 42.5 Å². The zero-order chi connectivity index (χ0) is 13.0. The molecule has 0 aromatic heterocycles. The van der Waals surface area contributed by atoms with Gasteiger partial charge in [0.15, 0.2) is 0 Å². The van der Waals surface area contributed by atoms with Crippen molar-refractivity contribution in [3.05, 3.63) is 42.5 Å². The van der Waals surface area contributed by atoms with Gasteiger partial charge in [0.05, 0.1) is 0 Å². The summed E-state index contributed by atoms with van der Waals surface area (Å²) in [6.07, 6.45) is 0.401. The molecular formula is C14H16N2O2. The molecule has 2 aromatic rings. The number of carboxylic acids is 1. The predicted octanol–water partition coefficient (Wildman–Crippen LogP) is 2.05. The van der Waals surface area contributed by atoms with Gasteiger partial charge in [-0.15, -0.1) is 0 Å². The average Bonchev–Trinajstić information content (AvgIpc) is 2.38. The maximum Gasteiger partial charge on any atom is 0.320 e. The summed E-state index contributed by atoms with van der Waals surface area (Å²) in [6.45, 7) is 0.543. The van der Waals surface area contributed by atoms with Crippen LogP contribution < -0.4 is 11.1 Å². The van der Waals surface area contributed by atoms with Crippen LogP contribution >= 0.6 is 0 Å². The summed E-state index contributed by atoms with van der Waals surface area (Å²) >= 11 is 0. The molecule has 4 heteroatoms. The summed E-state index contributed by atoms with van der Waals surface area (Å²) < 4.78 is 0. The summed E-state index contributed by atoms with van der Waals surface area (Å²) in [5.74, 6) is -0.963. The molecule has 4 N–H and O–H groups in total. The van der Waals surface area contributed by atoms with Gasteiger partial charge >= 0.3 is 5.97 Å². The molecule has 2 aromatic carbocycles. The van der Waals surface area contributed by atoms with Crippen molar-refractivity contribution in [3.63, 3.8) is 0 Å². The number of anilines is 1. The van der Waals surface area contributed by atoms with Crippen LogP contribution in [0.25, 0.3) is 10.8 Å². The average molecular weight is 244 g/mol. The molecular weight excluding hydrogens is 228 g/mol. The fraction of sp³-hybridized carbons (Fsp3) is 0.214. The summed E-state index contributed by atoms with van der Waals surface area (Å²) in [6, 6.07) is 13.2. The van der Waals surface area contributed by atoms with Gasteiger partial charge < -0.3 is 16.2 Å². The van der Waals surface area contributed by atoms with Gasteiger partial charge in [0, 0.05) is 17.6 Å². The third-order valence-electron chi connectivity index (χ3n) is 2.88. The van der Waals surface area contributed by atoms with E-state index in [4.69, 9.17) is 10.8 Å². The van der Waals surface area contributed by atoms with Gasteiger partial charge in [0.2, 0.25) is 0 Å². The number of rotatable bonds is 5. The van der Waals surface area contributed by atoms with Gasteiger partial charge in [0.1, 0.15) is 6.04 Å². The Morgan fingerprint density at radius 2 is 1.94 bits per heavy atom. The van der Waals surface area contributed by atoms with Crippen LogP contribution in [0, 0.1) is 0 Å². The summed E-state index contributed by atoms with van der Waals surface area (Å²) in [5.41, 5.74) is 6.46. The summed E-state index contributed by atoms with van der Waals surface area (Å²) in [5, 5.41) is 14.2. The Morgan fingerprint density at radius 1 is 1.22 bits per heavy atom. The van der Waals surface area contributed by atoms with Crippen LogP contribution in [-0.2, 0) is 4.79 Å². The van der Waals surface area contributed by atoms with Gasteiger partial charge in [-0.3, -0.25) is 4.79 Å². The molecule has 0 heterocycles. The minimum atomic E-state index is -0.963. The molecule has 94 valence electrons. The molecule has 0 saturated heterocycles. The topological polar surface area (TPSA) is 75.3 Å². The Balaban J connectivity index is 2.06. The van der Waals surface area contributed by atoms with E-state index in [9.17, 15) is 4.79 Å². The molecule has 0 fully saturated rings. The quantitative estimate of drug-likeness (QED) is 0.752. The number of aliphatic carboxylic acids is 1. The lowest BCUT2D eigenvalue weighted by Gasteiger charge is -2.11. The van der Waals surface area contributed by atoms with E-state index in [-0.39, 0.29) is 0 Å². The van der Waals surface area contributed by atoms with Gasteiger partial charge in [-0.05, 0) is 17.9 Å². The highest BCUT2D eigenvalue weighted by molar-refractivity contribution is 5.93. The SMILES string of the molecule is NC(CCNc1cccc2ccccc12)C(=O)O. The lowest BCUT2D eigenvalue weighted by atomic mass is 10.1. The van der Waals surface area contributed by atoms with Crippen molar-refractivity contribution in [1.29, 1.82) is 0 Å². The number of carbonyl (C=O) groups is 1. The van der Waals surface area contributed by atoms with Crippen LogP contribution in [0.1, 0.15) is 6.42 Å². The molecule has 0 aliphatic rings. The molecule has 1 atom stereocenters. The first-order valence-corrected chi connectivity index (χ1v) is 5.88. The second-order valence-corrected chi connectivity index (χ2v) is 4.19. The third kappa shape index (κ3) is 2.78. The zero-order valence-corrected chi connectivity index (χ0v) is 9.97. The highest BCUT2D eigenvalue weighted by atomic mass is 16.4. The summed E-state index contributed by atoms with van der Waals surface area (Å²) in [7, 11) is 0. The highest BCUT2D eigenvalue weighted by Gasteiger charge is 2.10. The lowest BCUT2D eigenvalue weighted by molar-refractivity contribution is -0.138. The number of carboxylic acid groups (broad SMARTS) is 1. The van der Waals surface area contributed by atoms with Crippen molar-refractivity contribution >= 4 is 22.4 Å². The number of fused-ring (bicyclic) bond motifs is 1. The molecule has 0 saturated carbocycles. The minimum absolute atomic E-state index is 0.401. The molecule has 0 bridgehead atoms. The van der Waals surface area contributed by atoms with E-state index in [0.29, 0.717) is 13.0 Å². The standard InChI is InChI=1S/C14H16N2O2/c15-12(14(17)18)8-9-16-13-7-3-5-10-4-1-2-6-11(10)13/h1-7,12,16H,8-9,15H2,(H,17,18). The van der Waals surface area contributed by atoms with Gasteiger partial charge in [0.25, 0.3) is 0 Å². The Hall–Kier alpha value is -2.07. The molecule has 4 nitrogen and oxygen atoms in total. The van der Waals surface area contributed by atoms with E-state index >= 15 is 0 Å². The van der Waals surface area contributed by atoms with Gasteiger partial charge in [-0.25, -0.2) is 0 Å². The largest absolute Gasteiger partial charge is 0.480 e. The highest BCUT2D eigenvalue weighted by Crippen LogP contribution is 2.22. The normalized spacial score (nSPS) is 12.3. The Bertz CT molecular complexity index is 549. The molecule has 0 spiro atoms. The van der Waals surface area contributed by atoms with E-state index < -0.39 is 12.0 Å². The van der Waals surface area contributed by atoms with Crippen LogP contribution in [-0.4, -0.2) is 23.7 Å². The maximum absolute atomic E-state index is 10.6. The number of nitrogens with two attached hydrogens (primary N) is 1. The van der Waals surface area contributed by atoms with Crippen molar-refractivity contribution in [2.45, 2.75) is 12.5 Å². The number of hydrogen-bond acceptors (Lipinski definition) is 3. The smallest absolute Gasteiger partial charge is 0.320 e. The van der Waals surface area contributed by atoms with Crippen LogP contribution in [0.5, 0.6) is 0 Å². The fourth-order valence-electron chi connectivity index (χ4n) is 1.87. The van der Waals surface area contributed by atoms with Gasteiger partial charge in [-0.2, -0.15) is 0 Å². The van der Waals surface area contributed by atoms with Crippen molar-refractivity contribution in [3.8, 4) is 0 Å². The lowest BCUT2D eigenvalue weighted by Crippen LogP contribution is -2.32. The Labute approximate surface area is 105 Å². The zero-order valence-electron chi connectivity index (χ0n) is 9.97. The van der Waals surface area contributed by atoms with E-state index in [1.54, 1.807) is 0 Å². The first-order chi connectivity index (χ1) is 8.68. The van der Waals surface area contributed by atoms with E-state index in [0.717, 1.165) is 16.5 Å². The predicted molar refractivity (Wildman–Crippen MR) is 72.7 cm³/mol. The van der Waals surface area contributed by atoms with E-state index in [1.807, 2.05) is 42.5 Å². The second kappa shape index (κ2) is 5.51. The Morgan fingerprint density at radius 3 is 2.72 bits per heavy atom. The van der Waals surface area contributed by atoms with Crippen molar-refractivity contribution < 1.29 is 9.90 Å². The molecule has 0 aliphatic carbocycles. The van der Waals surface area contributed by atoms with Gasteiger partial charge in [-0.1, -0.05) is 36.4 Å². The van der Waals surface area contributed by atoms with Crippen LogP contribution in [0.4, 0.5) is 5.69 Å². The maximum atomic E-state index is 10.6. The van der Waals surface area contributed by atoms with Crippen molar-refractivity contribution in [2.24, 2.45) is 5.73 Å². The van der Waals surface area contributed by atoms with Crippen LogP contribution in [0.3, 0.4) is 0 Å². The van der Waals surface area contributed by atoms with E-state index in [1.165, 1.54) is 0 Å². The fourth-order valence-corrected chi connectivity index (χ4v) is 1.87. The van der Waals surface area contributed by atoms with Crippen LogP contribution in [0.2, 0.25) is 0 Å². The first-order valence-electron chi connectivity index (χ1n) is 5.88. The minimum Gasteiger partial charge on any atom is -0.480 e. The third-order valence-corrected chi connectivity index (χ3v) is 2.88. The second-order valence-electron chi connectivity index (χ2n) is 4.19.